The van der Waals surface area contributed by atoms with Crippen LogP contribution in [-0.2, 0) is 12.8 Å². The van der Waals surface area contributed by atoms with Crippen LogP contribution in [0.15, 0.2) is 29.1 Å². The summed E-state index contributed by atoms with van der Waals surface area (Å²) in [5.74, 6) is 1.12. The fourth-order valence-corrected chi connectivity index (χ4v) is 3.57. The van der Waals surface area contributed by atoms with E-state index in [2.05, 4.69) is 4.98 Å². The van der Waals surface area contributed by atoms with Gasteiger partial charge in [-0.15, -0.1) is 0 Å². The van der Waals surface area contributed by atoms with Gasteiger partial charge in [-0.3, -0.25) is 9.59 Å². The molecule has 1 aromatic carbocycles. The molecule has 1 aliphatic carbocycles. The van der Waals surface area contributed by atoms with Gasteiger partial charge in [-0.2, -0.15) is 0 Å². The molecule has 0 spiro atoms. The summed E-state index contributed by atoms with van der Waals surface area (Å²) in [5.41, 5.74) is 3.76. The summed E-state index contributed by atoms with van der Waals surface area (Å²) in [6, 6.07) is 5.49. The zero-order chi connectivity index (χ0) is 17.4. The largest absolute Gasteiger partial charge is 0.454 e. The molecule has 1 aliphatic heterocycles. The number of ketones is 1. The summed E-state index contributed by atoms with van der Waals surface area (Å²) in [4.78, 5) is 27.9. The van der Waals surface area contributed by atoms with E-state index in [9.17, 15) is 9.59 Å². The molecule has 0 atom stereocenters. The first-order valence-corrected chi connectivity index (χ1v) is 8.50. The van der Waals surface area contributed by atoms with Crippen LogP contribution in [0.25, 0.3) is 6.08 Å². The molecule has 5 nitrogen and oxygen atoms in total. The summed E-state index contributed by atoms with van der Waals surface area (Å²) in [5, 5.41) is 0. The number of benzene rings is 1. The predicted octanol–water partition coefficient (Wildman–Crippen LogP) is 3.19. The summed E-state index contributed by atoms with van der Waals surface area (Å²) < 4.78 is 10.6. The van der Waals surface area contributed by atoms with Crippen LogP contribution in [0.4, 0.5) is 0 Å². The van der Waals surface area contributed by atoms with E-state index in [1.54, 1.807) is 6.08 Å². The van der Waals surface area contributed by atoms with Crippen molar-refractivity contribution >= 4 is 11.9 Å². The summed E-state index contributed by atoms with van der Waals surface area (Å²) >= 11 is 0. The quantitative estimate of drug-likeness (QED) is 0.690. The standard InChI is InChI=1S/C20H19NO4/c1-12-14-4-2-3-5-15(14)19(20(23)21-12)16(22)8-6-13-7-9-17-18(10-13)25-11-24-17/h6-10H,2-5,11H2,1H3,(H,21,23). The number of aryl methyl sites for hydroxylation is 1. The molecule has 128 valence electrons. The molecule has 0 saturated carbocycles. The third kappa shape index (κ3) is 2.86. The van der Waals surface area contributed by atoms with Crippen LogP contribution in [0.2, 0.25) is 0 Å². The number of hydrogen-bond acceptors (Lipinski definition) is 4. The molecule has 0 amide bonds. The first-order valence-electron chi connectivity index (χ1n) is 8.50. The molecule has 4 rings (SSSR count). The Kier molecular flexibility index (Phi) is 3.92. The van der Waals surface area contributed by atoms with Gasteiger partial charge in [-0.25, -0.2) is 0 Å². The van der Waals surface area contributed by atoms with Gasteiger partial charge >= 0.3 is 0 Å². The van der Waals surface area contributed by atoms with Crippen LogP contribution >= 0.6 is 0 Å². The Bertz CT molecular complexity index is 939. The Morgan fingerprint density at radius 3 is 2.72 bits per heavy atom. The lowest BCUT2D eigenvalue weighted by Crippen LogP contribution is -2.24. The van der Waals surface area contributed by atoms with Gasteiger partial charge in [0.25, 0.3) is 5.56 Å². The van der Waals surface area contributed by atoms with Gasteiger partial charge in [0.1, 0.15) is 0 Å². The molecular weight excluding hydrogens is 318 g/mol. The molecule has 0 fully saturated rings. The highest BCUT2D eigenvalue weighted by Crippen LogP contribution is 2.33. The van der Waals surface area contributed by atoms with E-state index in [-0.39, 0.29) is 23.7 Å². The Morgan fingerprint density at radius 1 is 1.12 bits per heavy atom. The fraction of sp³-hybridized carbons (Fsp3) is 0.300. The predicted molar refractivity (Wildman–Crippen MR) is 94.4 cm³/mol. The van der Waals surface area contributed by atoms with Gasteiger partial charge in [0.2, 0.25) is 6.79 Å². The molecule has 1 aromatic heterocycles. The first kappa shape index (κ1) is 15.7. The number of fused-ring (bicyclic) bond motifs is 2. The Hall–Kier alpha value is -2.82. The molecule has 2 aliphatic rings. The molecule has 25 heavy (non-hydrogen) atoms. The van der Waals surface area contributed by atoms with Crippen LogP contribution in [0, 0.1) is 6.92 Å². The molecule has 0 unspecified atom stereocenters. The van der Waals surface area contributed by atoms with Gasteiger partial charge in [0, 0.05) is 5.69 Å². The summed E-state index contributed by atoms with van der Waals surface area (Å²) in [6.07, 6.45) is 7.00. The summed E-state index contributed by atoms with van der Waals surface area (Å²) in [7, 11) is 0. The second kappa shape index (κ2) is 6.24. The number of H-pyrrole nitrogens is 1. The van der Waals surface area contributed by atoms with Crippen LogP contribution in [0.3, 0.4) is 0 Å². The maximum Gasteiger partial charge on any atom is 0.259 e. The molecule has 5 heteroatoms. The SMILES string of the molecule is Cc1[nH]c(=O)c(C(=O)C=Cc2ccc3c(c2)OCO3)c2c1CCCC2. The molecule has 2 aromatic rings. The number of aromatic nitrogens is 1. The van der Waals surface area contributed by atoms with Crippen LogP contribution in [0.1, 0.15) is 45.6 Å². The number of allylic oxidation sites excluding steroid dienone is 1. The number of carbonyl (C=O) groups excluding carboxylic acids is 1. The number of aromatic amines is 1. The van der Waals surface area contributed by atoms with Gasteiger partial charge in [-0.1, -0.05) is 12.1 Å². The normalized spacial score (nSPS) is 15.4. The second-order valence-corrected chi connectivity index (χ2v) is 6.43. The topological polar surface area (TPSA) is 68.4 Å². The van der Waals surface area contributed by atoms with Crippen LogP contribution in [0.5, 0.6) is 11.5 Å². The van der Waals surface area contributed by atoms with Crippen molar-refractivity contribution in [3.8, 4) is 11.5 Å². The number of carbonyl (C=O) groups is 1. The van der Waals surface area contributed by atoms with E-state index >= 15 is 0 Å². The fourth-order valence-electron chi connectivity index (χ4n) is 3.57. The highest BCUT2D eigenvalue weighted by Gasteiger charge is 2.22. The third-order valence-electron chi connectivity index (χ3n) is 4.82. The van der Waals surface area contributed by atoms with Crippen molar-refractivity contribution in [2.75, 3.05) is 6.79 Å². The number of hydrogen-bond donors (Lipinski definition) is 1. The monoisotopic (exact) mass is 337 g/mol. The highest BCUT2D eigenvalue weighted by molar-refractivity contribution is 6.07. The van der Waals surface area contributed by atoms with Crippen molar-refractivity contribution in [3.63, 3.8) is 0 Å². The molecule has 0 saturated heterocycles. The van der Waals surface area contributed by atoms with Crippen molar-refractivity contribution in [2.45, 2.75) is 32.6 Å². The third-order valence-corrected chi connectivity index (χ3v) is 4.82. The van der Waals surface area contributed by atoms with E-state index in [1.165, 1.54) is 6.08 Å². The molecule has 0 bridgehead atoms. The van der Waals surface area contributed by atoms with Crippen molar-refractivity contribution in [1.29, 1.82) is 0 Å². The Labute approximate surface area is 145 Å². The minimum Gasteiger partial charge on any atom is -0.454 e. The van der Waals surface area contributed by atoms with Gasteiger partial charge in [0.05, 0.1) is 5.56 Å². The Balaban J connectivity index is 1.66. The maximum atomic E-state index is 12.7. The smallest absolute Gasteiger partial charge is 0.259 e. The lowest BCUT2D eigenvalue weighted by atomic mass is 9.87. The number of pyridine rings is 1. The maximum absolute atomic E-state index is 12.7. The first-order chi connectivity index (χ1) is 12.1. The molecule has 2 heterocycles. The lowest BCUT2D eigenvalue weighted by molar-refractivity contribution is 0.104. The summed E-state index contributed by atoms with van der Waals surface area (Å²) in [6.45, 7) is 2.12. The lowest BCUT2D eigenvalue weighted by Gasteiger charge is -2.19. The van der Waals surface area contributed by atoms with Gasteiger partial charge < -0.3 is 14.5 Å². The minimum atomic E-state index is -0.293. The van der Waals surface area contributed by atoms with E-state index < -0.39 is 0 Å². The Morgan fingerprint density at radius 2 is 1.88 bits per heavy atom. The highest BCUT2D eigenvalue weighted by atomic mass is 16.7. The van der Waals surface area contributed by atoms with Crippen LogP contribution < -0.4 is 15.0 Å². The minimum absolute atomic E-state index is 0.215. The number of ether oxygens (including phenoxy) is 2. The van der Waals surface area contributed by atoms with Crippen molar-refractivity contribution < 1.29 is 14.3 Å². The molecule has 1 N–H and O–H groups in total. The van der Waals surface area contributed by atoms with Gasteiger partial charge in [0.15, 0.2) is 17.3 Å². The molecule has 0 radical (unpaired) electrons. The van der Waals surface area contributed by atoms with Crippen molar-refractivity contribution in [2.24, 2.45) is 0 Å². The second-order valence-electron chi connectivity index (χ2n) is 6.43. The van der Waals surface area contributed by atoms with E-state index in [4.69, 9.17) is 9.47 Å². The number of rotatable bonds is 3. The average Bonchev–Trinajstić information content (AvgIpc) is 3.07. The zero-order valence-electron chi connectivity index (χ0n) is 14.1. The van der Waals surface area contributed by atoms with E-state index in [0.29, 0.717) is 11.5 Å². The van der Waals surface area contributed by atoms with E-state index in [0.717, 1.165) is 48.1 Å². The zero-order valence-corrected chi connectivity index (χ0v) is 14.1. The van der Waals surface area contributed by atoms with E-state index in [1.807, 2.05) is 25.1 Å². The van der Waals surface area contributed by atoms with Crippen molar-refractivity contribution in [1.82, 2.24) is 4.98 Å². The van der Waals surface area contributed by atoms with Crippen molar-refractivity contribution in [3.05, 3.63) is 62.6 Å². The number of nitrogens with one attached hydrogen (secondary N) is 1. The van der Waals surface area contributed by atoms with Crippen LogP contribution in [-0.4, -0.2) is 17.6 Å². The average molecular weight is 337 g/mol. The van der Waals surface area contributed by atoms with Gasteiger partial charge in [-0.05, 0) is 67.5 Å². The molecular formula is C20H19NO4.